The first-order chi connectivity index (χ1) is 6.17. The molecule has 2 fully saturated rings. The molecule has 0 amide bonds. The lowest BCUT2D eigenvalue weighted by Crippen LogP contribution is -2.22. The summed E-state index contributed by atoms with van der Waals surface area (Å²) in [6.07, 6.45) is 1.03. The SMILES string of the molecule is CC1(C)CC(C2[C@H]3CNC[C@@H]23)=NO1. The van der Waals surface area contributed by atoms with E-state index in [0.29, 0.717) is 0 Å². The molecule has 1 saturated carbocycles. The third kappa shape index (κ3) is 1.10. The number of nitrogens with one attached hydrogen (secondary N) is 1. The molecule has 3 rings (SSSR count). The Bertz CT molecular complexity index is 262. The van der Waals surface area contributed by atoms with Crippen LogP contribution in [0.3, 0.4) is 0 Å². The summed E-state index contributed by atoms with van der Waals surface area (Å²) in [6.45, 7) is 6.60. The maximum Gasteiger partial charge on any atom is 0.137 e. The van der Waals surface area contributed by atoms with E-state index in [1.54, 1.807) is 0 Å². The lowest BCUT2D eigenvalue weighted by molar-refractivity contribution is 0.0123. The second-order valence-corrected chi connectivity index (χ2v) is 5.12. The first-order valence-corrected chi connectivity index (χ1v) is 5.13. The van der Waals surface area contributed by atoms with Crippen molar-refractivity contribution in [2.75, 3.05) is 13.1 Å². The number of rotatable bonds is 1. The van der Waals surface area contributed by atoms with Gasteiger partial charge in [-0.25, -0.2) is 0 Å². The highest BCUT2D eigenvalue weighted by Gasteiger charge is 2.57. The largest absolute Gasteiger partial charge is 0.389 e. The first-order valence-electron chi connectivity index (χ1n) is 5.13. The predicted octanol–water partition coefficient (Wildman–Crippen LogP) is 1.01. The van der Waals surface area contributed by atoms with E-state index in [0.717, 1.165) is 24.2 Å². The molecule has 72 valence electrons. The standard InChI is InChI=1S/C10H16N2O/c1-10(2)3-8(12-13-10)9-6-4-11-5-7(6)9/h6-7,9,11H,3-5H2,1-2H3/t6-,7+,9?. The molecule has 1 N–H and O–H groups in total. The average molecular weight is 180 g/mol. The minimum Gasteiger partial charge on any atom is -0.389 e. The average Bonchev–Trinajstić information content (AvgIpc) is 2.49. The molecule has 2 heterocycles. The van der Waals surface area contributed by atoms with Crippen molar-refractivity contribution >= 4 is 5.71 Å². The van der Waals surface area contributed by atoms with Crippen LogP contribution in [0, 0.1) is 17.8 Å². The molecule has 3 aliphatic rings. The summed E-state index contributed by atoms with van der Waals surface area (Å²) < 4.78 is 0. The summed E-state index contributed by atoms with van der Waals surface area (Å²) >= 11 is 0. The van der Waals surface area contributed by atoms with E-state index in [9.17, 15) is 0 Å². The molecule has 3 nitrogen and oxygen atoms in total. The Morgan fingerprint density at radius 3 is 2.62 bits per heavy atom. The molecule has 0 aromatic rings. The molecule has 3 atom stereocenters. The minimum absolute atomic E-state index is 0.0420. The van der Waals surface area contributed by atoms with Crippen LogP contribution in [-0.4, -0.2) is 24.4 Å². The molecular formula is C10H16N2O. The van der Waals surface area contributed by atoms with E-state index in [-0.39, 0.29) is 5.60 Å². The van der Waals surface area contributed by atoms with Crippen LogP contribution in [0.1, 0.15) is 20.3 Å². The topological polar surface area (TPSA) is 33.6 Å². The van der Waals surface area contributed by atoms with Crippen LogP contribution < -0.4 is 5.32 Å². The van der Waals surface area contributed by atoms with Gasteiger partial charge in [0.25, 0.3) is 0 Å². The fraction of sp³-hybridized carbons (Fsp3) is 0.900. The van der Waals surface area contributed by atoms with Crippen LogP contribution in [0.5, 0.6) is 0 Å². The van der Waals surface area contributed by atoms with Gasteiger partial charge >= 0.3 is 0 Å². The van der Waals surface area contributed by atoms with Crippen molar-refractivity contribution in [3.8, 4) is 0 Å². The van der Waals surface area contributed by atoms with Gasteiger partial charge in [-0.05, 0) is 38.8 Å². The lowest BCUT2D eigenvalue weighted by Gasteiger charge is -2.13. The zero-order valence-electron chi connectivity index (χ0n) is 8.21. The second-order valence-electron chi connectivity index (χ2n) is 5.12. The van der Waals surface area contributed by atoms with Crippen molar-refractivity contribution in [3.05, 3.63) is 0 Å². The molecule has 1 saturated heterocycles. The van der Waals surface area contributed by atoms with E-state index in [1.165, 1.54) is 18.8 Å². The maximum atomic E-state index is 5.39. The fourth-order valence-electron chi connectivity index (χ4n) is 2.77. The summed E-state index contributed by atoms with van der Waals surface area (Å²) in [5, 5.41) is 7.62. The number of nitrogens with zero attached hydrogens (tertiary/aromatic N) is 1. The van der Waals surface area contributed by atoms with Crippen molar-refractivity contribution in [1.29, 1.82) is 0 Å². The van der Waals surface area contributed by atoms with Gasteiger partial charge in [0, 0.05) is 12.3 Å². The molecule has 1 unspecified atom stereocenters. The van der Waals surface area contributed by atoms with E-state index in [2.05, 4.69) is 24.3 Å². The number of hydrogen-bond acceptors (Lipinski definition) is 3. The van der Waals surface area contributed by atoms with Gasteiger partial charge in [-0.2, -0.15) is 0 Å². The molecule has 3 heteroatoms. The van der Waals surface area contributed by atoms with Gasteiger partial charge in [0.2, 0.25) is 0 Å². The second kappa shape index (κ2) is 2.27. The van der Waals surface area contributed by atoms with Crippen LogP contribution in [0.25, 0.3) is 0 Å². The Hall–Kier alpha value is -0.570. The third-order valence-electron chi connectivity index (χ3n) is 3.49. The molecule has 2 aliphatic heterocycles. The molecule has 0 bridgehead atoms. The van der Waals surface area contributed by atoms with Crippen molar-refractivity contribution in [2.45, 2.75) is 25.9 Å². The van der Waals surface area contributed by atoms with Crippen molar-refractivity contribution in [3.63, 3.8) is 0 Å². The summed E-state index contributed by atoms with van der Waals surface area (Å²) in [5.41, 5.74) is 1.28. The molecule has 0 aromatic carbocycles. The lowest BCUT2D eigenvalue weighted by atomic mass is 9.98. The molecule has 0 radical (unpaired) electrons. The first kappa shape index (κ1) is 7.80. The van der Waals surface area contributed by atoms with Crippen LogP contribution in [0.15, 0.2) is 5.16 Å². The molecular weight excluding hydrogens is 164 g/mol. The maximum absolute atomic E-state index is 5.39. The molecule has 0 aromatic heterocycles. The number of oxime groups is 1. The Labute approximate surface area is 78.5 Å². The summed E-state index contributed by atoms with van der Waals surface area (Å²) in [7, 11) is 0. The Balaban J connectivity index is 1.70. The number of piperidine rings is 1. The van der Waals surface area contributed by atoms with Crippen molar-refractivity contribution in [1.82, 2.24) is 5.32 Å². The highest BCUT2D eigenvalue weighted by molar-refractivity contribution is 5.91. The van der Waals surface area contributed by atoms with Gasteiger partial charge in [0.1, 0.15) is 5.60 Å². The van der Waals surface area contributed by atoms with Gasteiger partial charge in [-0.3, -0.25) is 0 Å². The molecule has 1 aliphatic carbocycles. The quantitative estimate of drug-likeness (QED) is 0.653. The predicted molar refractivity (Wildman–Crippen MR) is 50.6 cm³/mol. The number of hydrogen-bond donors (Lipinski definition) is 1. The normalized spacial score (nSPS) is 45.4. The Morgan fingerprint density at radius 2 is 2.08 bits per heavy atom. The van der Waals surface area contributed by atoms with Gasteiger partial charge in [0.05, 0.1) is 5.71 Å². The van der Waals surface area contributed by atoms with Gasteiger partial charge in [0.15, 0.2) is 0 Å². The van der Waals surface area contributed by atoms with Gasteiger partial charge in [-0.15, -0.1) is 0 Å². The van der Waals surface area contributed by atoms with Gasteiger partial charge in [-0.1, -0.05) is 5.16 Å². The van der Waals surface area contributed by atoms with Crippen molar-refractivity contribution in [2.24, 2.45) is 22.9 Å². The van der Waals surface area contributed by atoms with Gasteiger partial charge < -0.3 is 10.2 Å². The van der Waals surface area contributed by atoms with Crippen LogP contribution >= 0.6 is 0 Å². The molecule has 13 heavy (non-hydrogen) atoms. The third-order valence-corrected chi connectivity index (χ3v) is 3.49. The summed E-state index contributed by atoms with van der Waals surface area (Å²) in [4.78, 5) is 5.39. The number of fused-ring (bicyclic) bond motifs is 1. The highest BCUT2D eigenvalue weighted by Crippen LogP contribution is 2.51. The van der Waals surface area contributed by atoms with E-state index in [1.807, 2.05) is 0 Å². The smallest absolute Gasteiger partial charge is 0.137 e. The van der Waals surface area contributed by atoms with E-state index >= 15 is 0 Å². The fourth-order valence-corrected chi connectivity index (χ4v) is 2.77. The zero-order valence-corrected chi connectivity index (χ0v) is 8.21. The van der Waals surface area contributed by atoms with Crippen LogP contribution in [0.2, 0.25) is 0 Å². The van der Waals surface area contributed by atoms with Crippen LogP contribution in [0.4, 0.5) is 0 Å². The minimum atomic E-state index is -0.0420. The molecule has 0 spiro atoms. The van der Waals surface area contributed by atoms with Crippen LogP contribution in [-0.2, 0) is 4.84 Å². The highest BCUT2D eigenvalue weighted by atomic mass is 16.7. The van der Waals surface area contributed by atoms with E-state index in [4.69, 9.17) is 4.84 Å². The Morgan fingerprint density at radius 1 is 1.38 bits per heavy atom. The zero-order chi connectivity index (χ0) is 9.05. The monoisotopic (exact) mass is 180 g/mol. The Kier molecular flexibility index (Phi) is 1.36. The summed E-state index contributed by atoms with van der Waals surface area (Å²) in [6, 6.07) is 0. The van der Waals surface area contributed by atoms with Crippen molar-refractivity contribution < 1.29 is 4.84 Å². The summed E-state index contributed by atoms with van der Waals surface area (Å²) in [5.74, 6) is 2.50. The van der Waals surface area contributed by atoms with E-state index < -0.39 is 0 Å².